The highest BCUT2D eigenvalue weighted by molar-refractivity contribution is 5.95. The van der Waals surface area contributed by atoms with Gasteiger partial charge in [-0.2, -0.15) is 0 Å². The smallest absolute Gasteiger partial charge is 0.407 e. The van der Waals surface area contributed by atoms with Crippen LogP contribution in [0.25, 0.3) is 0 Å². The third-order valence-electron chi connectivity index (χ3n) is 7.53. The number of carbonyl (C=O) groups excluding carboxylic acids is 4. The number of rotatable bonds is 15. The van der Waals surface area contributed by atoms with Gasteiger partial charge in [0.15, 0.2) is 0 Å². The fourth-order valence-electron chi connectivity index (χ4n) is 5.44. The van der Waals surface area contributed by atoms with Crippen molar-refractivity contribution in [3.8, 4) is 0 Å². The molecule has 44 heavy (non-hydrogen) atoms. The number of anilines is 1. The fourth-order valence-corrected chi connectivity index (χ4v) is 5.44. The van der Waals surface area contributed by atoms with Gasteiger partial charge in [0.25, 0.3) is 0 Å². The number of nitrogens with zero attached hydrogens (tertiary/aromatic N) is 1. The molecule has 1 aromatic carbocycles. The van der Waals surface area contributed by atoms with Crippen LogP contribution in [0, 0.1) is 11.3 Å². The van der Waals surface area contributed by atoms with E-state index < -0.39 is 35.2 Å². The molecule has 1 heterocycles. The van der Waals surface area contributed by atoms with Crippen molar-refractivity contribution < 1.29 is 33.8 Å². The van der Waals surface area contributed by atoms with Gasteiger partial charge in [-0.3, -0.25) is 14.4 Å². The molecule has 11 heteroatoms. The van der Waals surface area contributed by atoms with Gasteiger partial charge in [-0.25, -0.2) is 4.79 Å². The molecule has 1 aliphatic heterocycles. The zero-order chi connectivity index (χ0) is 33.1. The number of alkyl carbamates (subject to hydrolysis) is 1. The predicted molar refractivity (Wildman–Crippen MR) is 170 cm³/mol. The molecule has 0 aliphatic carbocycles. The molecule has 11 nitrogen and oxygen atoms in total. The van der Waals surface area contributed by atoms with E-state index in [4.69, 9.17) is 9.47 Å². The first-order valence-corrected chi connectivity index (χ1v) is 15.7. The van der Waals surface area contributed by atoms with Crippen molar-refractivity contribution in [2.75, 3.05) is 31.7 Å². The van der Waals surface area contributed by atoms with E-state index in [0.717, 1.165) is 24.1 Å². The van der Waals surface area contributed by atoms with Crippen LogP contribution in [-0.4, -0.2) is 79.5 Å². The van der Waals surface area contributed by atoms with Crippen LogP contribution in [0.1, 0.15) is 86.1 Å². The molecule has 0 saturated carbocycles. The largest absolute Gasteiger partial charge is 0.444 e. The maximum atomic E-state index is 13.8. The molecule has 4 atom stereocenters. The quantitative estimate of drug-likeness (QED) is 0.219. The average molecular weight is 619 g/mol. The Morgan fingerprint density at radius 1 is 1.11 bits per heavy atom. The van der Waals surface area contributed by atoms with Gasteiger partial charge in [-0.1, -0.05) is 52.3 Å². The molecule has 248 valence electrons. The SMILES string of the molecule is CCCCNC(=O)[C@H](C)C[C@H](O)[C@H](CC(C)(C)CC(=O)N1CC(NC(=O)COC)Cc2ccccc21)NC(=O)OC(C)(C)C. The van der Waals surface area contributed by atoms with E-state index >= 15 is 0 Å². The number of hydrogen-bond donors (Lipinski definition) is 4. The first kappa shape index (κ1) is 37.0. The Hall–Kier alpha value is -3.18. The predicted octanol–water partition coefficient (Wildman–Crippen LogP) is 3.71. The monoisotopic (exact) mass is 618 g/mol. The number of methoxy groups -OCH3 is 1. The van der Waals surface area contributed by atoms with E-state index in [0.29, 0.717) is 19.5 Å². The maximum Gasteiger partial charge on any atom is 0.407 e. The highest BCUT2D eigenvalue weighted by Crippen LogP contribution is 2.33. The van der Waals surface area contributed by atoms with Gasteiger partial charge < -0.3 is 35.4 Å². The van der Waals surface area contributed by atoms with Crippen molar-refractivity contribution in [2.24, 2.45) is 11.3 Å². The zero-order valence-electron chi connectivity index (χ0n) is 27.8. The molecule has 0 fully saturated rings. The topological polar surface area (TPSA) is 146 Å². The number of para-hydroxylation sites is 1. The van der Waals surface area contributed by atoms with Crippen LogP contribution in [0.2, 0.25) is 0 Å². The van der Waals surface area contributed by atoms with Crippen molar-refractivity contribution >= 4 is 29.5 Å². The summed E-state index contributed by atoms with van der Waals surface area (Å²) in [6, 6.07) is 6.60. The lowest BCUT2D eigenvalue weighted by atomic mass is 9.79. The summed E-state index contributed by atoms with van der Waals surface area (Å²) < 4.78 is 10.4. The summed E-state index contributed by atoms with van der Waals surface area (Å²) in [7, 11) is 1.46. The zero-order valence-corrected chi connectivity index (χ0v) is 27.8. The molecule has 1 aromatic rings. The molecule has 0 saturated heterocycles. The number of benzene rings is 1. The van der Waals surface area contributed by atoms with E-state index in [-0.39, 0.29) is 49.6 Å². The first-order chi connectivity index (χ1) is 20.5. The molecule has 1 aliphatic rings. The second-order valence-electron chi connectivity index (χ2n) is 13.7. The highest BCUT2D eigenvalue weighted by atomic mass is 16.6. The molecule has 0 radical (unpaired) electrons. The third-order valence-corrected chi connectivity index (χ3v) is 7.53. The first-order valence-electron chi connectivity index (χ1n) is 15.7. The van der Waals surface area contributed by atoms with E-state index in [9.17, 15) is 24.3 Å². The number of aliphatic hydroxyl groups is 1. The lowest BCUT2D eigenvalue weighted by molar-refractivity contribution is -0.126. The minimum Gasteiger partial charge on any atom is -0.444 e. The summed E-state index contributed by atoms with van der Waals surface area (Å²) in [6.07, 6.45) is 1.19. The summed E-state index contributed by atoms with van der Waals surface area (Å²) in [6.45, 7) is 13.7. The molecular formula is C33H54N4O7. The van der Waals surface area contributed by atoms with Gasteiger partial charge in [0.05, 0.1) is 18.2 Å². The Kier molecular flexibility index (Phi) is 14.1. The summed E-state index contributed by atoms with van der Waals surface area (Å²) in [4.78, 5) is 53.2. The number of unbranched alkanes of at least 4 members (excludes halogenated alkanes) is 1. The maximum absolute atomic E-state index is 13.8. The van der Waals surface area contributed by atoms with Crippen molar-refractivity contribution in [2.45, 2.75) is 111 Å². The Labute approximate surface area is 262 Å². The van der Waals surface area contributed by atoms with Gasteiger partial charge >= 0.3 is 6.09 Å². The number of fused-ring (bicyclic) bond motifs is 1. The lowest BCUT2D eigenvalue weighted by Crippen LogP contribution is -2.52. The van der Waals surface area contributed by atoms with Crippen LogP contribution in [0.5, 0.6) is 0 Å². The van der Waals surface area contributed by atoms with E-state index in [2.05, 4.69) is 16.0 Å². The Morgan fingerprint density at radius 2 is 1.80 bits per heavy atom. The van der Waals surface area contributed by atoms with Gasteiger partial charge in [0.2, 0.25) is 17.7 Å². The van der Waals surface area contributed by atoms with Crippen LogP contribution in [0.3, 0.4) is 0 Å². The summed E-state index contributed by atoms with van der Waals surface area (Å²) in [5.74, 6) is -1.02. The summed E-state index contributed by atoms with van der Waals surface area (Å²) in [5.41, 5.74) is 0.357. The van der Waals surface area contributed by atoms with Crippen LogP contribution < -0.4 is 20.9 Å². The normalized spacial score (nSPS) is 17.1. The van der Waals surface area contributed by atoms with Crippen molar-refractivity contribution in [1.82, 2.24) is 16.0 Å². The second kappa shape index (κ2) is 16.8. The van der Waals surface area contributed by atoms with Crippen LogP contribution in [0.15, 0.2) is 24.3 Å². The van der Waals surface area contributed by atoms with Gasteiger partial charge in [-0.05, 0) is 63.5 Å². The van der Waals surface area contributed by atoms with Crippen LogP contribution in [0.4, 0.5) is 10.5 Å². The molecule has 4 amide bonds. The standard InChI is InChI=1S/C33H54N4O7/c1-9-10-15-34-30(41)22(2)16-27(38)25(36-31(42)44-32(3,4)5)18-33(6,7)19-29(40)37-20-24(35-28(39)21-43-8)17-23-13-11-12-14-26(23)37/h11-14,22,24-25,27,38H,9-10,15-21H2,1-8H3,(H,34,41)(H,35,39)(H,36,42)/t22-,24?,25+,27+/m1/s1. The van der Waals surface area contributed by atoms with Crippen LogP contribution in [-0.2, 0) is 30.3 Å². The molecular weight excluding hydrogens is 564 g/mol. The molecule has 4 N–H and O–H groups in total. The average Bonchev–Trinajstić information content (AvgIpc) is 2.90. The lowest BCUT2D eigenvalue weighted by Gasteiger charge is -2.38. The van der Waals surface area contributed by atoms with Crippen molar-refractivity contribution in [1.29, 1.82) is 0 Å². The van der Waals surface area contributed by atoms with E-state index in [1.807, 2.05) is 45.0 Å². The summed E-state index contributed by atoms with van der Waals surface area (Å²) in [5, 5.41) is 19.9. The van der Waals surface area contributed by atoms with Crippen LogP contribution >= 0.6 is 0 Å². The van der Waals surface area contributed by atoms with Gasteiger partial charge in [-0.15, -0.1) is 0 Å². The summed E-state index contributed by atoms with van der Waals surface area (Å²) >= 11 is 0. The number of amides is 4. The number of carbonyl (C=O) groups is 4. The number of aliphatic hydroxyl groups excluding tert-OH is 1. The number of nitrogens with one attached hydrogen (secondary N) is 3. The second-order valence-corrected chi connectivity index (χ2v) is 13.7. The van der Waals surface area contributed by atoms with E-state index in [1.54, 1.807) is 32.6 Å². The van der Waals surface area contributed by atoms with Crippen molar-refractivity contribution in [3.63, 3.8) is 0 Å². The molecule has 1 unspecified atom stereocenters. The molecule has 0 bridgehead atoms. The molecule has 2 rings (SSSR count). The number of hydrogen-bond acceptors (Lipinski definition) is 7. The minimum atomic E-state index is -1.06. The Bertz CT molecular complexity index is 1120. The Balaban J connectivity index is 2.21. The van der Waals surface area contributed by atoms with E-state index in [1.165, 1.54) is 7.11 Å². The number of ether oxygens (including phenoxy) is 2. The molecule has 0 aromatic heterocycles. The third kappa shape index (κ3) is 12.4. The molecule has 0 spiro atoms. The fraction of sp³-hybridized carbons (Fsp3) is 0.697. The Morgan fingerprint density at radius 3 is 2.43 bits per heavy atom. The van der Waals surface area contributed by atoms with Gasteiger partial charge in [0, 0.05) is 38.2 Å². The van der Waals surface area contributed by atoms with Gasteiger partial charge in [0.1, 0.15) is 12.2 Å². The van der Waals surface area contributed by atoms with Crippen molar-refractivity contribution in [3.05, 3.63) is 29.8 Å². The highest BCUT2D eigenvalue weighted by Gasteiger charge is 2.36. The minimum absolute atomic E-state index is 0.0630.